The first-order valence-electron chi connectivity index (χ1n) is 9.73. The number of hydrogen-bond donors (Lipinski definition) is 2. The molecule has 1 aromatic carbocycles. The first kappa shape index (κ1) is 22.0. The summed E-state index contributed by atoms with van der Waals surface area (Å²) in [5.74, 6) is 0.714. The van der Waals surface area contributed by atoms with Gasteiger partial charge in [-0.15, -0.1) is 0 Å². The summed E-state index contributed by atoms with van der Waals surface area (Å²) in [7, 11) is 1.88. The first-order chi connectivity index (χ1) is 14.5. The van der Waals surface area contributed by atoms with E-state index in [1.165, 1.54) is 0 Å². The van der Waals surface area contributed by atoms with Crippen molar-refractivity contribution in [3.63, 3.8) is 0 Å². The number of pyridine rings is 1. The van der Waals surface area contributed by atoms with Gasteiger partial charge in [0.15, 0.2) is 5.96 Å². The molecule has 0 fully saturated rings. The molecule has 0 unspecified atom stereocenters. The van der Waals surface area contributed by atoms with E-state index in [9.17, 15) is 4.79 Å². The third-order valence-corrected chi connectivity index (χ3v) is 5.53. The Kier molecular flexibility index (Phi) is 7.60. The Labute approximate surface area is 186 Å². The SMILES string of the molecule is CCNC(=NCc1ccc(Cn2ccccc2=O)cc1)NCc1cc(Cl)c(Cl)n1C. The van der Waals surface area contributed by atoms with Crippen molar-refractivity contribution in [1.82, 2.24) is 19.8 Å². The predicted octanol–water partition coefficient (Wildman–Crippen LogP) is 3.80. The molecular weight excluding hydrogens is 421 g/mol. The third-order valence-electron chi connectivity index (χ3n) is 4.69. The molecule has 0 amide bonds. The van der Waals surface area contributed by atoms with Crippen LogP contribution in [0.25, 0.3) is 0 Å². The lowest BCUT2D eigenvalue weighted by molar-refractivity contribution is 0.751. The molecule has 0 radical (unpaired) electrons. The quantitative estimate of drug-likeness (QED) is 0.429. The summed E-state index contributed by atoms with van der Waals surface area (Å²) in [6.07, 6.45) is 1.79. The van der Waals surface area contributed by atoms with Gasteiger partial charge in [0.2, 0.25) is 0 Å². The second-order valence-electron chi connectivity index (χ2n) is 6.87. The van der Waals surface area contributed by atoms with Gasteiger partial charge in [0.25, 0.3) is 5.56 Å². The maximum atomic E-state index is 11.8. The van der Waals surface area contributed by atoms with Crippen LogP contribution >= 0.6 is 23.2 Å². The van der Waals surface area contributed by atoms with E-state index in [1.54, 1.807) is 22.9 Å². The van der Waals surface area contributed by atoms with Gasteiger partial charge < -0.3 is 19.8 Å². The van der Waals surface area contributed by atoms with Crippen LogP contribution in [-0.4, -0.2) is 21.6 Å². The highest BCUT2D eigenvalue weighted by Crippen LogP contribution is 2.24. The van der Waals surface area contributed by atoms with Gasteiger partial charge in [0, 0.05) is 31.5 Å². The second kappa shape index (κ2) is 10.4. The molecule has 2 aromatic heterocycles. The molecule has 3 rings (SSSR count). The number of aromatic nitrogens is 2. The largest absolute Gasteiger partial charge is 0.357 e. The molecule has 30 heavy (non-hydrogen) atoms. The van der Waals surface area contributed by atoms with Crippen LogP contribution in [0.5, 0.6) is 0 Å². The highest BCUT2D eigenvalue weighted by Gasteiger charge is 2.09. The zero-order valence-electron chi connectivity index (χ0n) is 17.0. The maximum Gasteiger partial charge on any atom is 0.250 e. The highest BCUT2D eigenvalue weighted by molar-refractivity contribution is 6.41. The molecule has 0 aliphatic carbocycles. The van der Waals surface area contributed by atoms with Crippen molar-refractivity contribution in [2.24, 2.45) is 12.0 Å². The predicted molar refractivity (Wildman–Crippen MR) is 123 cm³/mol. The van der Waals surface area contributed by atoms with Gasteiger partial charge in [0.05, 0.1) is 24.7 Å². The number of hydrogen-bond acceptors (Lipinski definition) is 2. The van der Waals surface area contributed by atoms with Gasteiger partial charge in [-0.1, -0.05) is 53.5 Å². The lowest BCUT2D eigenvalue weighted by atomic mass is 10.1. The van der Waals surface area contributed by atoms with Crippen LogP contribution in [0.3, 0.4) is 0 Å². The average Bonchev–Trinajstić information content (AvgIpc) is 2.99. The highest BCUT2D eigenvalue weighted by atomic mass is 35.5. The minimum atomic E-state index is -0.00618. The number of nitrogens with one attached hydrogen (secondary N) is 2. The van der Waals surface area contributed by atoms with E-state index in [1.807, 2.05) is 54.9 Å². The fraction of sp³-hybridized carbons (Fsp3) is 0.273. The fourth-order valence-corrected chi connectivity index (χ4v) is 3.40. The van der Waals surface area contributed by atoms with E-state index in [4.69, 9.17) is 23.2 Å². The Morgan fingerprint density at radius 1 is 1.07 bits per heavy atom. The molecule has 6 nitrogen and oxygen atoms in total. The van der Waals surface area contributed by atoms with Crippen molar-refractivity contribution in [3.05, 3.63) is 92.1 Å². The summed E-state index contributed by atoms with van der Waals surface area (Å²) in [6.45, 7) is 4.42. The van der Waals surface area contributed by atoms with Crippen molar-refractivity contribution in [1.29, 1.82) is 0 Å². The van der Waals surface area contributed by atoms with Crippen molar-refractivity contribution >= 4 is 29.2 Å². The fourth-order valence-electron chi connectivity index (χ4n) is 2.98. The molecule has 0 saturated carbocycles. The van der Waals surface area contributed by atoms with Crippen LogP contribution in [0.15, 0.2) is 64.5 Å². The number of nitrogens with zero attached hydrogens (tertiary/aromatic N) is 3. The number of halogens is 2. The van der Waals surface area contributed by atoms with Crippen LogP contribution in [0.2, 0.25) is 10.2 Å². The molecule has 8 heteroatoms. The first-order valence-corrected chi connectivity index (χ1v) is 10.5. The Bertz CT molecular complexity index is 1070. The zero-order chi connectivity index (χ0) is 21.5. The monoisotopic (exact) mass is 445 g/mol. The lowest BCUT2D eigenvalue weighted by Gasteiger charge is -2.12. The lowest BCUT2D eigenvalue weighted by Crippen LogP contribution is -2.37. The average molecular weight is 446 g/mol. The van der Waals surface area contributed by atoms with Crippen molar-refractivity contribution in [3.8, 4) is 0 Å². The number of guanidine groups is 1. The van der Waals surface area contributed by atoms with Gasteiger partial charge in [-0.3, -0.25) is 4.79 Å². The molecular formula is C22H25Cl2N5O. The Balaban J connectivity index is 1.62. The van der Waals surface area contributed by atoms with E-state index in [0.29, 0.717) is 35.8 Å². The maximum absolute atomic E-state index is 11.8. The second-order valence-corrected chi connectivity index (χ2v) is 7.63. The van der Waals surface area contributed by atoms with Gasteiger partial charge in [-0.2, -0.15) is 0 Å². The van der Waals surface area contributed by atoms with Crippen LogP contribution in [0.4, 0.5) is 0 Å². The molecule has 0 saturated heterocycles. The van der Waals surface area contributed by atoms with E-state index < -0.39 is 0 Å². The number of rotatable bonds is 7. The number of aliphatic imine (C=N–C) groups is 1. The van der Waals surface area contributed by atoms with Gasteiger partial charge >= 0.3 is 0 Å². The van der Waals surface area contributed by atoms with Crippen molar-refractivity contribution < 1.29 is 0 Å². The molecule has 0 aliphatic heterocycles. The topological polar surface area (TPSA) is 63.4 Å². The zero-order valence-corrected chi connectivity index (χ0v) is 18.5. The summed E-state index contributed by atoms with van der Waals surface area (Å²) < 4.78 is 3.53. The molecule has 0 bridgehead atoms. The van der Waals surface area contributed by atoms with E-state index in [-0.39, 0.29) is 5.56 Å². The molecule has 158 valence electrons. The minimum Gasteiger partial charge on any atom is -0.357 e. The smallest absolute Gasteiger partial charge is 0.250 e. The third kappa shape index (κ3) is 5.68. The van der Waals surface area contributed by atoms with Crippen LogP contribution in [-0.2, 0) is 26.7 Å². The van der Waals surface area contributed by atoms with E-state index >= 15 is 0 Å². The summed E-state index contributed by atoms with van der Waals surface area (Å²) in [6, 6.07) is 15.1. The van der Waals surface area contributed by atoms with Crippen molar-refractivity contribution in [2.75, 3.05) is 6.54 Å². The van der Waals surface area contributed by atoms with Crippen LogP contribution in [0.1, 0.15) is 23.7 Å². The molecule has 2 heterocycles. The Hall–Kier alpha value is -2.70. The molecule has 0 atom stereocenters. The van der Waals surface area contributed by atoms with E-state index in [0.717, 1.165) is 23.4 Å². The normalized spacial score (nSPS) is 11.5. The summed E-state index contributed by atoms with van der Waals surface area (Å²) in [5, 5.41) is 7.60. The molecule has 0 spiro atoms. The summed E-state index contributed by atoms with van der Waals surface area (Å²) >= 11 is 12.2. The Morgan fingerprint density at radius 2 is 1.80 bits per heavy atom. The molecule has 2 N–H and O–H groups in total. The number of benzene rings is 1. The summed E-state index contributed by atoms with van der Waals surface area (Å²) in [4.78, 5) is 16.5. The van der Waals surface area contributed by atoms with E-state index in [2.05, 4.69) is 15.6 Å². The minimum absolute atomic E-state index is 0.00618. The van der Waals surface area contributed by atoms with Crippen LogP contribution < -0.4 is 16.2 Å². The van der Waals surface area contributed by atoms with Gasteiger partial charge in [0.1, 0.15) is 5.15 Å². The van der Waals surface area contributed by atoms with Gasteiger partial charge in [-0.05, 0) is 30.2 Å². The standard InChI is InChI=1S/C22H25Cl2N5O/c1-3-25-22(27-14-18-12-19(23)21(24)28(18)2)26-13-16-7-9-17(10-8-16)15-29-11-5-4-6-20(29)30/h4-12H,3,13-15H2,1-2H3,(H2,25,26,27). The molecule has 3 aromatic rings. The van der Waals surface area contributed by atoms with Crippen molar-refractivity contribution in [2.45, 2.75) is 26.6 Å². The Morgan fingerprint density at radius 3 is 2.43 bits per heavy atom. The summed E-state index contributed by atoms with van der Waals surface area (Å²) in [5.41, 5.74) is 3.12. The van der Waals surface area contributed by atoms with Crippen LogP contribution in [0, 0.1) is 0 Å². The molecule has 0 aliphatic rings. The van der Waals surface area contributed by atoms with Gasteiger partial charge in [-0.25, -0.2) is 4.99 Å².